The van der Waals surface area contributed by atoms with Crippen molar-refractivity contribution in [2.75, 3.05) is 13.7 Å². The normalized spacial score (nSPS) is 14.9. The maximum absolute atomic E-state index is 11.5. The molecule has 0 spiro atoms. The second-order valence-electron chi connectivity index (χ2n) is 5.85. The van der Waals surface area contributed by atoms with Gasteiger partial charge in [0.1, 0.15) is 0 Å². The van der Waals surface area contributed by atoms with E-state index in [1.54, 1.807) is 0 Å². The summed E-state index contributed by atoms with van der Waals surface area (Å²) in [6, 6.07) is 6.45. The van der Waals surface area contributed by atoms with Crippen LogP contribution in [0.5, 0.6) is 0 Å². The molecule has 0 aliphatic heterocycles. The van der Waals surface area contributed by atoms with Crippen molar-refractivity contribution < 1.29 is 9.53 Å². The maximum atomic E-state index is 11.5. The third-order valence-corrected chi connectivity index (χ3v) is 4.25. The number of ether oxygens (including phenoxy) is 1. The predicted octanol–water partition coefficient (Wildman–Crippen LogP) is 3.86. The molecule has 2 rings (SSSR count). The Morgan fingerprint density at radius 2 is 2.15 bits per heavy atom. The van der Waals surface area contributed by atoms with E-state index in [4.69, 9.17) is 4.74 Å². The van der Waals surface area contributed by atoms with E-state index in [-0.39, 0.29) is 5.97 Å². The Hall–Kier alpha value is -0.870. The first-order chi connectivity index (χ1) is 9.51. The molecule has 1 aliphatic rings. The zero-order chi connectivity index (χ0) is 14.7. The van der Waals surface area contributed by atoms with Crippen molar-refractivity contribution in [1.29, 1.82) is 0 Å². The molecule has 0 bridgehead atoms. The molecule has 0 saturated heterocycles. The van der Waals surface area contributed by atoms with Crippen LogP contribution in [0.1, 0.15) is 42.6 Å². The summed E-state index contributed by atoms with van der Waals surface area (Å²) in [7, 11) is 1.40. The number of carbonyl (C=O) groups excluding carboxylic acids is 1. The van der Waals surface area contributed by atoms with Crippen LogP contribution in [0, 0.1) is 5.92 Å². The Kier molecular flexibility index (Phi) is 5.22. The van der Waals surface area contributed by atoms with Gasteiger partial charge in [-0.1, -0.05) is 35.8 Å². The second kappa shape index (κ2) is 6.72. The third kappa shape index (κ3) is 4.06. The minimum atomic E-state index is -0.293. The molecular weight excluding hydrogens is 318 g/mol. The molecule has 1 aromatic carbocycles. The Labute approximate surface area is 129 Å². The molecule has 1 aromatic rings. The van der Waals surface area contributed by atoms with Crippen molar-refractivity contribution in [2.45, 2.75) is 39.3 Å². The first-order valence-corrected chi connectivity index (χ1v) is 7.91. The molecule has 0 radical (unpaired) electrons. The van der Waals surface area contributed by atoms with Crippen LogP contribution >= 0.6 is 15.9 Å². The lowest BCUT2D eigenvalue weighted by molar-refractivity contribution is 0.0600. The summed E-state index contributed by atoms with van der Waals surface area (Å²) in [6.07, 6.45) is 2.62. The SMILES string of the molecule is COC(=O)c1ccc(CN(CC(C)C)C2CC2)c(Br)c1. The molecule has 110 valence electrons. The van der Waals surface area contributed by atoms with Gasteiger partial charge in [0.05, 0.1) is 12.7 Å². The van der Waals surface area contributed by atoms with Gasteiger partial charge in [0.2, 0.25) is 0 Å². The molecule has 1 saturated carbocycles. The summed E-state index contributed by atoms with van der Waals surface area (Å²) < 4.78 is 5.72. The molecular formula is C16H22BrNO2. The zero-order valence-electron chi connectivity index (χ0n) is 12.4. The average molecular weight is 340 g/mol. The highest BCUT2D eigenvalue weighted by Crippen LogP contribution is 2.30. The third-order valence-electron chi connectivity index (χ3n) is 3.51. The van der Waals surface area contributed by atoms with Gasteiger partial charge in [-0.05, 0) is 36.5 Å². The Morgan fingerprint density at radius 3 is 2.65 bits per heavy atom. The molecule has 0 aromatic heterocycles. The van der Waals surface area contributed by atoms with E-state index in [1.807, 2.05) is 18.2 Å². The first-order valence-electron chi connectivity index (χ1n) is 7.12. The van der Waals surface area contributed by atoms with Crippen LogP contribution in [0.3, 0.4) is 0 Å². The van der Waals surface area contributed by atoms with Crippen LogP contribution < -0.4 is 0 Å². The molecule has 0 heterocycles. The van der Waals surface area contributed by atoms with Gasteiger partial charge in [0.25, 0.3) is 0 Å². The van der Waals surface area contributed by atoms with Crippen LogP contribution in [-0.2, 0) is 11.3 Å². The fourth-order valence-corrected chi connectivity index (χ4v) is 2.89. The predicted molar refractivity (Wildman–Crippen MR) is 83.8 cm³/mol. The number of hydrogen-bond acceptors (Lipinski definition) is 3. The fourth-order valence-electron chi connectivity index (χ4n) is 2.39. The Bertz CT molecular complexity index is 483. The zero-order valence-corrected chi connectivity index (χ0v) is 13.9. The lowest BCUT2D eigenvalue weighted by Gasteiger charge is -2.24. The fraction of sp³-hybridized carbons (Fsp3) is 0.562. The van der Waals surface area contributed by atoms with Crippen LogP contribution in [0.15, 0.2) is 22.7 Å². The minimum Gasteiger partial charge on any atom is -0.465 e. The number of halogens is 1. The maximum Gasteiger partial charge on any atom is 0.337 e. The number of hydrogen-bond donors (Lipinski definition) is 0. The Morgan fingerprint density at radius 1 is 1.45 bits per heavy atom. The molecule has 3 nitrogen and oxygen atoms in total. The quantitative estimate of drug-likeness (QED) is 0.737. The Balaban J connectivity index is 2.09. The standard InChI is InChI=1S/C16H22BrNO2/c1-11(2)9-18(14-6-7-14)10-13-5-4-12(8-15(13)17)16(19)20-3/h4-5,8,11,14H,6-7,9-10H2,1-3H3. The summed E-state index contributed by atoms with van der Waals surface area (Å²) >= 11 is 3.57. The molecule has 0 N–H and O–H groups in total. The number of benzene rings is 1. The van der Waals surface area contributed by atoms with Crippen LogP contribution in [-0.4, -0.2) is 30.6 Å². The first kappa shape index (κ1) is 15.5. The van der Waals surface area contributed by atoms with E-state index in [1.165, 1.54) is 25.5 Å². The average Bonchev–Trinajstić information content (AvgIpc) is 3.23. The van der Waals surface area contributed by atoms with E-state index >= 15 is 0 Å². The lowest BCUT2D eigenvalue weighted by Crippen LogP contribution is -2.29. The number of methoxy groups -OCH3 is 1. The summed E-state index contributed by atoms with van der Waals surface area (Å²) in [6.45, 7) is 6.57. The molecule has 0 amide bonds. The summed E-state index contributed by atoms with van der Waals surface area (Å²) in [5.41, 5.74) is 1.81. The highest BCUT2D eigenvalue weighted by atomic mass is 79.9. The van der Waals surface area contributed by atoms with Crippen molar-refractivity contribution in [2.24, 2.45) is 5.92 Å². The van der Waals surface area contributed by atoms with Crippen molar-refractivity contribution in [3.8, 4) is 0 Å². The minimum absolute atomic E-state index is 0.293. The summed E-state index contributed by atoms with van der Waals surface area (Å²) in [5.74, 6) is 0.377. The van der Waals surface area contributed by atoms with Gasteiger partial charge in [-0.3, -0.25) is 4.90 Å². The van der Waals surface area contributed by atoms with Crippen LogP contribution in [0.25, 0.3) is 0 Å². The largest absolute Gasteiger partial charge is 0.465 e. The summed E-state index contributed by atoms with van der Waals surface area (Å²) in [5, 5.41) is 0. The van der Waals surface area contributed by atoms with Gasteiger partial charge in [0.15, 0.2) is 0 Å². The monoisotopic (exact) mass is 339 g/mol. The van der Waals surface area contributed by atoms with Gasteiger partial charge in [-0.25, -0.2) is 4.79 Å². The number of nitrogens with zero attached hydrogens (tertiary/aromatic N) is 1. The molecule has 0 unspecified atom stereocenters. The van der Waals surface area contributed by atoms with Gasteiger partial charge in [-0.2, -0.15) is 0 Å². The van der Waals surface area contributed by atoms with E-state index in [0.29, 0.717) is 11.5 Å². The number of esters is 1. The van der Waals surface area contributed by atoms with Crippen LogP contribution in [0.4, 0.5) is 0 Å². The van der Waals surface area contributed by atoms with Gasteiger partial charge in [-0.15, -0.1) is 0 Å². The number of rotatable bonds is 6. The molecule has 0 atom stereocenters. The van der Waals surface area contributed by atoms with Gasteiger partial charge in [0, 0.05) is 23.6 Å². The molecule has 20 heavy (non-hydrogen) atoms. The molecule has 1 fully saturated rings. The van der Waals surface area contributed by atoms with Crippen molar-refractivity contribution in [3.05, 3.63) is 33.8 Å². The van der Waals surface area contributed by atoms with E-state index in [2.05, 4.69) is 34.7 Å². The van der Waals surface area contributed by atoms with Crippen LogP contribution in [0.2, 0.25) is 0 Å². The van der Waals surface area contributed by atoms with Crippen molar-refractivity contribution in [3.63, 3.8) is 0 Å². The number of carbonyl (C=O) groups is 1. The van der Waals surface area contributed by atoms with Crippen molar-refractivity contribution in [1.82, 2.24) is 4.90 Å². The highest BCUT2D eigenvalue weighted by molar-refractivity contribution is 9.10. The summed E-state index contributed by atoms with van der Waals surface area (Å²) in [4.78, 5) is 14.1. The lowest BCUT2D eigenvalue weighted by atomic mass is 10.1. The van der Waals surface area contributed by atoms with Gasteiger partial charge >= 0.3 is 5.97 Å². The van der Waals surface area contributed by atoms with E-state index < -0.39 is 0 Å². The van der Waals surface area contributed by atoms with Crippen molar-refractivity contribution >= 4 is 21.9 Å². The second-order valence-corrected chi connectivity index (χ2v) is 6.71. The van der Waals surface area contributed by atoms with E-state index in [0.717, 1.165) is 23.6 Å². The smallest absolute Gasteiger partial charge is 0.337 e. The molecule has 4 heteroatoms. The highest BCUT2D eigenvalue weighted by Gasteiger charge is 2.29. The van der Waals surface area contributed by atoms with E-state index in [9.17, 15) is 4.79 Å². The topological polar surface area (TPSA) is 29.5 Å². The van der Waals surface area contributed by atoms with Gasteiger partial charge < -0.3 is 4.74 Å². The molecule has 1 aliphatic carbocycles.